The lowest BCUT2D eigenvalue weighted by molar-refractivity contribution is -0.166. The lowest BCUT2D eigenvalue weighted by atomic mass is 10.0. The second-order valence-electron chi connectivity index (χ2n) is 22.3. The van der Waals surface area contributed by atoms with Gasteiger partial charge in [-0.15, -0.1) is 0 Å². The summed E-state index contributed by atoms with van der Waals surface area (Å²) in [4.78, 5) is 38.3. The highest BCUT2D eigenvalue weighted by molar-refractivity contribution is 5.71. The number of unbranched alkanes of at least 4 members (excludes halogenated alkanes) is 26. The summed E-state index contributed by atoms with van der Waals surface area (Å²) in [5.41, 5.74) is 0. The first-order chi connectivity index (χ1) is 41.0. The van der Waals surface area contributed by atoms with Crippen LogP contribution in [-0.4, -0.2) is 37.2 Å². The first-order valence-electron chi connectivity index (χ1n) is 34.3. The van der Waals surface area contributed by atoms with Crippen LogP contribution in [0.2, 0.25) is 0 Å². The number of hydrogen-bond donors (Lipinski definition) is 0. The van der Waals surface area contributed by atoms with E-state index < -0.39 is 6.10 Å². The molecule has 0 saturated carbocycles. The van der Waals surface area contributed by atoms with Crippen LogP contribution in [0.4, 0.5) is 0 Å². The van der Waals surface area contributed by atoms with Crippen LogP contribution in [0.1, 0.15) is 303 Å². The average Bonchev–Trinajstić information content (AvgIpc) is 3.49. The van der Waals surface area contributed by atoms with Crippen molar-refractivity contribution < 1.29 is 28.6 Å². The number of esters is 3. The molecule has 83 heavy (non-hydrogen) atoms. The predicted molar refractivity (Wildman–Crippen MR) is 362 cm³/mol. The van der Waals surface area contributed by atoms with Gasteiger partial charge in [-0.3, -0.25) is 14.4 Å². The molecule has 6 nitrogen and oxygen atoms in total. The molecule has 0 bridgehead atoms. The van der Waals surface area contributed by atoms with Gasteiger partial charge in [-0.1, -0.05) is 321 Å². The third kappa shape index (κ3) is 68.0. The van der Waals surface area contributed by atoms with Crippen molar-refractivity contribution in [3.05, 3.63) is 146 Å². The lowest BCUT2D eigenvalue weighted by Gasteiger charge is -2.18. The molecule has 1 unspecified atom stereocenters. The highest BCUT2D eigenvalue weighted by Crippen LogP contribution is 2.17. The summed E-state index contributed by atoms with van der Waals surface area (Å²) < 4.78 is 16.9. The first kappa shape index (κ1) is 78.3. The van der Waals surface area contributed by atoms with Crippen molar-refractivity contribution in [2.24, 2.45) is 0 Å². The van der Waals surface area contributed by atoms with Crippen molar-refractivity contribution in [2.75, 3.05) is 13.2 Å². The van der Waals surface area contributed by atoms with Gasteiger partial charge in [0.05, 0.1) is 0 Å². The van der Waals surface area contributed by atoms with Crippen LogP contribution in [-0.2, 0) is 28.6 Å². The SMILES string of the molecule is CC/C=C\C/C=C\C/C=C\C/C=C\C/C=C\C/C=C\C/C=C\C/C=C\CCCCCCCCCCC(=O)OCC(COC(=O)CC/C=C\C/C=C\C/C=C\C/C=C\CC)OC(=O)CCCCCCCCCCCCCCCCCCCCC. The number of carbonyl (C=O) groups excluding carboxylic acids is 3. The minimum atomic E-state index is -0.815. The second-order valence-corrected chi connectivity index (χ2v) is 22.3. The monoisotopic (exact) mass is 1150 g/mol. The summed E-state index contributed by atoms with van der Waals surface area (Å²) in [6.45, 7) is 6.36. The van der Waals surface area contributed by atoms with Crippen LogP contribution in [0.5, 0.6) is 0 Å². The van der Waals surface area contributed by atoms with Crippen molar-refractivity contribution in [3.63, 3.8) is 0 Å². The zero-order valence-corrected chi connectivity index (χ0v) is 53.9. The third-order valence-corrected chi connectivity index (χ3v) is 14.4. The Morgan fingerprint density at radius 1 is 0.253 bits per heavy atom. The number of carbonyl (C=O) groups is 3. The first-order valence-corrected chi connectivity index (χ1v) is 34.3. The molecule has 0 amide bonds. The number of allylic oxidation sites excluding steroid dienone is 24. The van der Waals surface area contributed by atoms with E-state index in [1.807, 2.05) is 6.08 Å². The normalized spacial score (nSPS) is 13.0. The molecule has 0 aliphatic carbocycles. The molecule has 0 radical (unpaired) electrons. The number of ether oxygens (including phenoxy) is 3. The molecule has 0 fully saturated rings. The Bertz CT molecular complexity index is 1800. The highest BCUT2D eigenvalue weighted by Gasteiger charge is 2.19. The van der Waals surface area contributed by atoms with E-state index in [0.717, 1.165) is 122 Å². The van der Waals surface area contributed by atoms with Crippen LogP contribution >= 0.6 is 0 Å². The smallest absolute Gasteiger partial charge is 0.306 e. The van der Waals surface area contributed by atoms with E-state index in [1.54, 1.807) is 0 Å². The van der Waals surface area contributed by atoms with Crippen molar-refractivity contribution in [1.82, 2.24) is 0 Å². The zero-order valence-electron chi connectivity index (χ0n) is 53.9. The fraction of sp³-hybridized carbons (Fsp3) is 0.649. The molecule has 0 N–H and O–H groups in total. The Hall–Kier alpha value is -4.71. The van der Waals surface area contributed by atoms with E-state index in [0.29, 0.717) is 19.3 Å². The third-order valence-electron chi connectivity index (χ3n) is 14.4. The maximum absolute atomic E-state index is 12.9. The van der Waals surface area contributed by atoms with Crippen molar-refractivity contribution in [3.8, 4) is 0 Å². The Balaban J connectivity index is 4.32. The highest BCUT2D eigenvalue weighted by atomic mass is 16.6. The maximum Gasteiger partial charge on any atom is 0.306 e. The van der Waals surface area contributed by atoms with E-state index in [-0.39, 0.29) is 37.5 Å². The summed E-state index contributed by atoms with van der Waals surface area (Å²) in [7, 11) is 0. The Morgan fingerprint density at radius 2 is 0.494 bits per heavy atom. The van der Waals surface area contributed by atoms with Crippen LogP contribution in [0, 0.1) is 0 Å². The topological polar surface area (TPSA) is 78.9 Å². The largest absolute Gasteiger partial charge is 0.462 e. The fourth-order valence-corrected chi connectivity index (χ4v) is 9.30. The molecule has 0 rings (SSSR count). The molecule has 470 valence electrons. The van der Waals surface area contributed by atoms with Gasteiger partial charge in [-0.05, 0) is 109 Å². The fourth-order valence-electron chi connectivity index (χ4n) is 9.30. The predicted octanol–water partition coefficient (Wildman–Crippen LogP) is 23.9. The molecule has 0 aromatic heterocycles. The molecule has 0 aromatic carbocycles. The van der Waals surface area contributed by atoms with E-state index in [2.05, 4.69) is 161 Å². The van der Waals surface area contributed by atoms with Gasteiger partial charge in [0, 0.05) is 19.3 Å². The Labute approximate surface area is 512 Å². The Morgan fingerprint density at radius 3 is 0.807 bits per heavy atom. The van der Waals surface area contributed by atoms with Gasteiger partial charge in [0.25, 0.3) is 0 Å². The number of hydrogen-bond acceptors (Lipinski definition) is 6. The van der Waals surface area contributed by atoms with E-state index in [9.17, 15) is 14.4 Å². The van der Waals surface area contributed by atoms with E-state index in [1.165, 1.54) is 135 Å². The molecular weight excluding hydrogens is 1020 g/mol. The minimum Gasteiger partial charge on any atom is -0.462 e. The standard InChI is InChI=1S/C77H126O6/c1-4-7-10-13-16-19-22-25-27-29-31-32-33-34-35-36-37-38-39-40-41-42-43-44-46-47-49-52-55-58-61-64-67-70-76(79)82-73-74(72-81-75(78)69-66-63-60-57-54-51-24-21-18-15-12-9-6-3)83-77(80)71-68-65-62-59-56-53-50-48-45-30-28-26-23-20-17-14-11-8-5-2/h7,9-10,12,16,18-19,21,25,27,31-32,34-35,37-38,40-41,43-44,51,54,60,63,74H,4-6,8,11,13-15,17,20,22-24,26,28-30,33,36,39,42,45-50,52-53,55-59,61-62,64-73H2,1-3H3/b10-7-,12-9-,19-16-,21-18-,27-25-,32-31-,35-34-,38-37-,41-40-,44-43-,54-51-,63-60-. The lowest BCUT2D eigenvalue weighted by Crippen LogP contribution is -2.30. The van der Waals surface area contributed by atoms with Gasteiger partial charge in [-0.2, -0.15) is 0 Å². The van der Waals surface area contributed by atoms with Crippen LogP contribution in [0.25, 0.3) is 0 Å². The quantitative estimate of drug-likeness (QED) is 0.0261. The molecular formula is C77H126O6. The van der Waals surface area contributed by atoms with Crippen molar-refractivity contribution in [1.29, 1.82) is 0 Å². The van der Waals surface area contributed by atoms with Gasteiger partial charge >= 0.3 is 17.9 Å². The second kappa shape index (κ2) is 69.8. The molecule has 0 spiro atoms. The van der Waals surface area contributed by atoms with E-state index >= 15 is 0 Å². The zero-order chi connectivity index (χ0) is 59.9. The summed E-state index contributed by atoms with van der Waals surface area (Å²) in [6, 6.07) is 0. The number of rotatable bonds is 61. The van der Waals surface area contributed by atoms with Gasteiger partial charge in [-0.25, -0.2) is 0 Å². The van der Waals surface area contributed by atoms with E-state index in [4.69, 9.17) is 14.2 Å². The molecule has 0 aliphatic heterocycles. The maximum atomic E-state index is 12.9. The van der Waals surface area contributed by atoms with Crippen molar-refractivity contribution in [2.45, 2.75) is 309 Å². The molecule has 0 aliphatic rings. The van der Waals surface area contributed by atoms with Gasteiger partial charge < -0.3 is 14.2 Å². The summed E-state index contributed by atoms with van der Waals surface area (Å²) >= 11 is 0. The molecule has 0 aromatic rings. The van der Waals surface area contributed by atoms with Crippen LogP contribution in [0.3, 0.4) is 0 Å². The minimum absolute atomic E-state index is 0.106. The van der Waals surface area contributed by atoms with Gasteiger partial charge in [0.2, 0.25) is 0 Å². The Kier molecular flexibility index (Phi) is 65.8. The molecule has 0 heterocycles. The molecule has 0 saturated heterocycles. The van der Waals surface area contributed by atoms with Crippen LogP contribution < -0.4 is 0 Å². The van der Waals surface area contributed by atoms with Gasteiger partial charge in [0.1, 0.15) is 13.2 Å². The van der Waals surface area contributed by atoms with Crippen LogP contribution in [0.15, 0.2) is 146 Å². The summed E-state index contributed by atoms with van der Waals surface area (Å²) in [5, 5.41) is 0. The molecule has 6 heteroatoms. The summed E-state index contributed by atoms with van der Waals surface area (Å²) in [5.74, 6) is -0.992. The summed E-state index contributed by atoms with van der Waals surface area (Å²) in [6.07, 6.45) is 100. The van der Waals surface area contributed by atoms with Gasteiger partial charge in [0.15, 0.2) is 6.10 Å². The van der Waals surface area contributed by atoms with Crippen molar-refractivity contribution >= 4 is 17.9 Å². The molecule has 1 atom stereocenters. The average molecular weight is 1150 g/mol.